The lowest BCUT2D eigenvalue weighted by Crippen LogP contribution is -2.36. The summed E-state index contributed by atoms with van der Waals surface area (Å²) < 4.78 is 16.0. The van der Waals surface area contributed by atoms with Gasteiger partial charge in [-0.2, -0.15) is 0 Å². The molecule has 4 aromatic carbocycles. The lowest BCUT2D eigenvalue weighted by Gasteiger charge is -2.26. The van der Waals surface area contributed by atoms with Gasteiger partial charge in [0, 0.05) is 48.7 Å². The normalized spacial score (nSPS) is 18.5. The fourth-order valence-electron chi connectivity index (χ4n) is 9.91. The van der Waals surface area contributed by atoms with E-state index in [-0.39, 0.29) is 0 Å². The van der Waals surface area contributed by atoms with Gasteiger partial charge in [0.25, 0.3) is 0 Å². The van der Waals surface area contributed by atoms with Crippen LogP contribution < -0.4 is 51.4 Å². The highest BCUT2D eigenvalue weighted by Gasteiger charge is 2.18. The van der Waals surface area contributed by atoms with Gasteiger partial charge >= 0.3 is 0 Å². The number of benzene rings is 4. The van der Waals surface area contributed by atoms with Crippen molar-refractivity contribution in [2.75, 3.05) is 76.0 Å². The minimum atomic E-state index is 0.421. The standard InChI is InChI=1S/C11H15NO2.C10H13N.C9H11NO.C9H11N.C8H17N.C7H15N.C6H13N.14C2H6/c1-13-10-6-8-4-3-5-12-9(8)7-11(10)14-2;1-8-6-7-9-4-2-3-5-10(9)11-8;1-7-6-11-9-5-3-2-4-8(9)10-7;1-7-9-5-3-2-4-8(9)6-10-7;1-3-8-5-4-7(2)9-6-8;1-6-3-7(2)5-8-4-6;1-6-2-4-7-5-3-6;14*1-2/h6-7,12H,3-5H2,1-2H3;2-5,8,11H,6-7H2,1H3;2-5,7,10H,6H2,1H3;2-5,7,10H,6H2,1H3;7-9H,3-6H2,1-2H3;6-8H,3-5H2,1-2H3;6-7H,2-5H2,1H3;14*1-2H3. The zero-order valence-corrected chi connectivity index (χ0v) is 73.2. The second-order valence-electron chi connectivity index (χ2n) is 21.0. The van der Waals surface area contributed by atoms with E-state index < -0.39 is 0 Å². The summed E-state index contributed by atoms with van der Waals surface area (Å²) in [6.07, 6.45) is 13.1. The predicted octanol–water partition coefficient (Wildman–Crippen LogP) is 26.6. The van der Waals surface area contributed by atoms with Crippen molar-refractivity contribution in [1.82, 2.24) is 21.3 Å². The maximum absolute atomic E-state index is 5.47. The van der Waals surface area contributed by atoms with Gasteiger partial charge in [0.15, 0.2) is 11.5 Å². The molecule has 7 N–H and O–H groups in total. The molecule has 98 heavy (non-hydrogen) atoms. The molecule has 7 atom stereocenters. The van der Waals surface area contributed by atoms with E-state index in [4.69, 9.17) is 14.2 Å². The lowest BCUT2D eigenvalue weighted by atomic mass is 9.94. The Kier molecular flexibility index (Phi) is 108. The third-order valence-electron chi connectivity index (χ3n) is 14.5. The van der Waals surface area contributed by atoms with E-state index in [0.717, 1.165) is 78.8 Å². The SMILES string of the molecule is CC.CC.CC.CC.CC.CC.CC.CC.CC.CC.CC.CC.CC.CC.CC1CCNCC1.CC1CCc2ccccc2N1.CC1CNCC(C)C1.CC1COc2ccccc2N1.CC1NCc2ccccc21.CCC1CCC(C)NC1.COc1cc2c(cc1OC)NCCC2. The number of hydrogen-bond acceptors (Lipinski definition) is 10. The Morgan fingerprint density at radius 2 is 0.878 bits per heavy atom. The van der Waals surface area contributed by atoms with Crippen molar-refractivity contribution in [3.05, 3.63) is 107 Å². The van der Waals surface area contributed by atoms with Gasteiger partial charge in [0.1, 0.15) is 12.4 Å². The van der Waals surface area contributed by atoms with Gasteiger partial charge in [-0.1, -0.05) is 283 Å². The first-order valence-corrected chi connectivity index (χ1v) is 41.2. The second kappa shape index (κ2) is 92.5. The number of fused-ring (bicyclic) bond motifs is 4. The number of piperidine rings is 3. The summed E-state index contributed by atoms with van der Waals surface area (Å²) in [4.78, 5) is 0. The largest absolute Gasteiger partial charge is 0.493 e. The number of methoxy groups -OCH3 is 2. The minimum absolute atomic E-state index is 0.421. The van der Waals surface area contributed by atoms with Crippen LogP contribution in [0.2, 0.25) is 0 Å². The van der Waals surface area contributed by atoms with Crippen LogP contribution in [0, 0.1) is 23.7 Å². The molecule has 10 nitrogen and oxygen atoms in total. The van der Waals surface area contributed by atoms with Crippen LogP contribution in [-0.2, 0) is 19.4 Å². The average Bonchev–Trinajstić information content (AvgIpc) is 1.10. The Hall–Kier alpha value is -4.48. The van der Waals surface area contributed by atoms with Gasteiger partial charge in [-0.25, -0.2) is 0 Å². The zero-order valence-electron chi connectivity index (χ0n) is 73.2. The molecule has 10 heteroatoms. The smallest absolute Gasteiger partial charge is 0.162 e. The van der Waals surface area contributed by atoms with Crippen LogP contribution in [0.25, 0.3) is 0 Å². The van der Waals surface area contributed by atoms with Crippen LogP contribution in [0.5, 0.6) is 17.2 Å². The van der Waals surface area contributed by atoms with Crippen LogP contribution in [-0.4, -0.2) is 78.2 Å². The summed E-state index contributed by atoms with van der Waals surface area (Å²) in [6.45, 7) is 83.0. The summed E-state index contributed by atoms with van der Waals surface area (Å²) in [7, 11) is 3.33. The highest BCUT2D eigenvalue weighted by molar-refractivity contribution is 5.62. The number of aryl methyl sites for hydroxylation is 2. The Labute approximate surface area is 617 Å². The van der Waals surface area contributed by atoms with Crippen LogP contribution in [0.3, 0.4) is 0 Å². The highest BCUT2D eigenvalue weighted by Crippen LogP contribution is 2.35. The van der Waals surface area contributed by atoms with E-state index >= 15 is 0 Å². The van der Waals surface area contributed by atoms with Gasteiger partial charge in [-0.3, -0.25) is 0 Å². The van der Waals surface area contributed by atoms with Gasteiger partial charge in [0.2, 0.25) is 0 Å². The summed E-state index contributed by atoms with van der Waals surface area (Å²) in [6, 6.07) is 31.6. The van der Waals surface area contributed by atoms with Gasteiger partial charge in [0.05, 0.1) is 25.9 Å². The molecule has 0 radical (unpaired) electrons. The van der Waals surface area contributed by atoms with Crippen LogP contribution in [0.15, 0.2) is 84.9 Å². The Morgan fingerprint density at radius 1 is 0.408 bits per heavy atom. The molecule has 11 rings (SSSR count). The van der Waals surface area contributed by atoms with Gasteiger partial charge in [-0.05, 0) is 188 Å². The third kappa shape index (κ3) is 59.2. The first-order valence-electron chi connectivity index (χ1n) is 41.2. The van der Waals surface area contributed by atoms with Crippen molar-refractivity contribution in [3.63, 3.8) is 0 Å². The summed E-state index contributed by atoms with van der Waals surface area (Å²) in [5.41, 5.74) is 9.29. The Balaban J connectivity index is -0.000000109. The summed E-state index contributed by atoms with van der Waals surface area (Å²) >= 11 is 0. The second-order valence-corrected chi connectivity index (χ2v) is 21.0. The van der Waals surface area contributed by atoms with Crippen molar-refractivity contribution in [1.29, 1.82) is 0 Å². The number of hydrogen-bond donors (Lipinski definition) is 7. The molecular formula is C88H179N7O3. The van der Waals surface area contributed by atoms with Crippen LogP contribution in [0.1, 0.15) is 329 Å². The van der Waals surface area contributed by atoms with E-state index in [1.165, 1.54) is 124 Å². The van der Waals surface area contributed by atoms with Crippen LogP contribution >= 0.6 is 0 Å². The molecule has 0 bridgehead atoms. The molecule has 7 aliphatic rings. The highest BCUT2D eigenvalue weighted by atomic mass is 16.5. The molecule has 584 valence electrons. The number of anilines is 3. The maximum atomic E-state index is 5.47. The molecule has 7 aliphatic heterocycles. The van der Waals surface area contributed by atoms with Crippen molar-refractivity contribution in [2.45, 2.75) is 344 Å². The monoisotopic (exact) mass is 1380 g/mol. The van der Waals surface area contributed by atoms with Crippen LogP contribution in [0.4, 0.5) is 17.1 Å². The molecule has 3 fully saturated rings. The molecule has 0 aromatic heterocycles. The van der Waals surface area contributed by atoms with E-state index in [0.29, 0.717) is 18.1 Å². The van der Waals surface area contributed by atoms with Gasteiger partial charge in [-0.15, -0.1) is 0 Å². The predicted molar refractivity (Wildman–Crippen MR) is 457 cm³/mol. The fourth-order valence-corrected chi connectivity index (χ4v) is 9.91. The molecule has 3 saturated heterocycles. The number of rotatable bonds is 3. The molecule has 0 aliphatic carbocycles. The third-order valence-corrected chi connectivity index (χ3v) is 14.5. The van der Waals surface area contributed by atoms with Gasteiger partial charge < -0.3 is 51.4 Å². The molecule has 7 unspecified atom stereocenters. The van der Waals surface area contributed by atoms with Crippen molar-refractivity contribution >= 4 is 17.1 Å². The summed E-state index contributed by atoms with van der Waals surface area (Å²) in [5.74, 6) is 6.31. The minimum Gasteiger partial charge on any atom is -0.493 e. The first-order chi connectivity index (χ1) is 48.0. The average molecular weight is 1380 g/mol. The van der Waals surface area contributed by atoms with Crippen molar-refractivity contribution < 1.29 is 14.2 Å². The Morgan fingerprint density at radius 3 is 1.33 bits per heavy atom. The molecule has 0 saturated carbocycles. The number of nitrogens with one attached hydrogen (secondary N) is 7. The number of ether oxygens (including phenoxy) is 3. The van der Waals surface area contributed by atoms with Crippen molar-refractivity contribution in [2.24, 2.45) is 23.7 Å². The van der Waals surface area contributed by atoms with E-state index in [9.17, 15) is 0 Å². The van der Waals surface area contributed by atoms with E-state index in [1.807, 2.05) is 224 Å². The number of para-hydroxylation sites is 3. The lowest BCUT2D eigenvalue weighted by molar-refractivity contribution is 0.292. The molecule has 0 amide bonds. The first kappa shape index (κ1) is 115. The molecule has 7 heterocycles. The van der Waals surface area contributed by atoms with E-state index in [1.54, 1.807) is 14.2 Å². The molecular weight excluding hydrogens is 1200 g/mol. The zero-order chi connectivity index (χ0) is 78.1. The topological polar surface area (TPSA) is 112 Å². The quantitative estimate of drug-likeness (QED) is 0.107. The van der Waals surface area contributed by atoms with Crippen molar-refractivity contribution in [3.8, 4) is 17.2 Å². The summed E-state index contributed by atoms with van der Waals surface area (Å²) in [5, 5.41) is 23.7. The Bertz CT molecular complexity index is 1950. The molecule has 0 spiro atoms. The maximum Gasteiger partial charge on any atom is 0.162 e. The van der Waals surface area contributed by atoms with E-state index in [2.05, 4.69) is 147 Å². The fraction of sp³-hybridized carbons (Fsp3) is 0.727. The molecule has 4 aromatic rings.